The highest BCUT2D eigenvalue weighted by Crippen LogP contribution is 2.51. The van der Waals surface area contributed by atoms with Crippen LogP contribution in [0.3, 0.4) is 0 Å². The zero-order chi connectivity index (χ0) is 18.3. The minimum atomic E-state index is -0.650. The second-order valence-electron chi connectivity index (χ2n) is 8.14. The van der Waals surface area contributed by atoms with E-state index < -0.39 is 5.41 Å². The molecule has 0 radical (unpaired) electrons. The van der Waals surface area contributed by atoms with Crippen LogP contribution in [0.5, 0.6) is 0 Å². The highest BCUT2D eigenvalue weighted by Gasteiger charge is 2.55. The van der Waals surface area contributed by atoms with E-state index >= 15 is 0 Å². The number of nitrogens with zero attached hydrogens (tertiary/aromatic N) is 2. The molecule has 1 saturated carbocycles. The number of piperidine rings is 1. The maximum Gasteiger partial charge on any atom is 0.233 e. The summed E-state index contributed by atoms with van der Waals surface area (Å²) in [5.41, 5.74) is -0.0956. The first-order valence-electron chi connectivity index (χ1n) is 9.84. The molecule has 2 heterocycles. The van der Waals surface area contributed by atoms with Gasteiger partial charge in [0.25, 0.3) is 0 Å². The van der Waals surface area contributed by atoms with E-state index in [0.29, 0.717) is 24.6 Å². The van der Waals surface area contributed by atoms with Gasteiger partial charge in [-0.2, -0.15) is 0 Å². The number of likely N-dealkylation sites (tertiary alicyclic amines) is 2. The standard InChI is InChI=1S/C21H27FN2O2/c1-15(25)24-12-5-4-6-16-14-23(13-9-19(16)24)20(26)21(10-11-21)17-7-2-3-8-18(17)22/h2-3,7-8,16,19H,4-6,9-14H2,1H3/t16-,19-/m1/s1. The topological polar surface area (TPSA) is 40.6 Å². The van der Waals surface area contributed by atoms with Gasteiger partial charge in [-0.25, -0.2) is 4.39 Å². The van der Waals surface area contributed by atoms with Gasteiger partial charge in [0.2, 0.25) is 11.8 Å². The number of fused-ring (bicyclic) bond motifs is 1. The Morgan fingerprint density at radius 3 is 2.58 bits per heavy atom. The SMILES string of the molecule is CC(=O)N1CCCC[C@@H]2CN(C(=O)C3(c4ccccc4F)CC3)CC[C@H]21. The highest BCUT2D eigenvalue weighted by molar-refractivity contribution is 5.91. The summed E-state index contributed by atoms with van der Waals surface area (Å²) in [6, 6.07) is 6.95. The van der Waals surface area contributed by atoms with Crippen molar-refractivity contribution in [2.75, 3.05) is 19.6 Å². The van der Waals surface area contributed by atoms with Gasteiger partial charge in [0, 0.05) is 38.2 Å². The fourth-order valence-electron chi connectivity index (χ4n) is 5.02. The molecule has 4 nitrogen and oxygen atoms in total. The van der Waals surface area contributed by atoms with Gasteiger partial charge < -0.3 is 9.80 Å². The number of hydrogen-bond acceptors (Lipinski definition) is 2. The van der Waals surface area contributed by atoms with Gasteiger partial charge in [-0.15, -0.1) is 0 Å². The Bertz CT molecular complexity index is 716. The highest BCUT2D eigenvalue weighted by atomic mass is 19.1. The van der Waals surface area contributed by atoms with Crippen LogP contribution in [0.4, 0.5) is 4.39 Å². The van der Waals surface area contributed by atoms with Crippen LogP contribution < -0.4 is 0 Å². The first-order valence-corrected chi connectivity index (χ1v) is 9.84. The summed E-state index contributed by atoms with van der Waals surface area (Å²) in [4.78, 5) is 29.3. The van der Waals surface area contributed by atoms with Crippen LogP contribution in [0.25, 0.3) is 0 Å². The Morgan fingerprint density at radius 1 is 1.12 bits per heavy atom. The second kappa shape index (κ2) is 6.67. The number of amides is 2. The molecule has 3 aliphatic rings. The average Bonchev–Trinajstić information content (AvgIpc) is 3.45. The van der Waals surface area contributed by atoms with E-state index in [1.165, 1.54) is 6.07 Å². The lowest BCUT2D eigenvalue weighted by Crippen LogP contribution is -2.54. The molecule has 1 aromatic carbocycles. The molecule has 0 unspecified atom stereocenters. The molecular weight excluding hydrogens is 331 g/mol. The van der Waals surface area contributed by atoms with Crippen LogP contribution in [-0.2, 0) is 15.0 Å². The van der Waals surface area contributed by atoms with Crippen LogP contribution in [0.15, 0.2) is 24.3 Å². The third-order valence-corrected chi connectivity index (χ3v) is 6.56. The van der Waals surface area contributed by atoms with E-state index in [4.69, 9.17) is 0 Å². The van der Waals surface area contributed by atoms with Crippen molar-refractivity contribution in [1.29, 1.82) is 0 Å². The summed E-state index contributed by atoms with van der Waals surface area (Å²) in [6.07, 6.45) is 5.51. The molecule has 2 atom stereocenters. The van der Waals surface area contributed by atoms with Crippen molar-refractivity contribution in [1.82, 2.24) is 9.80 Å². The summed E-state index contributed by atoms with van der Waals surface area (Å²) in [6.45, 7) is 3.85. The molecule has 26 heavy (non-hydrogen) atoms. The van der Waals surface area contributed by atoms with Gasteiger partial charge in [0.15, 0.2) is 0 Å². The van der Waals surface area contributed by atoms with Crippen molar-refractivity contribution in [3.05, 3.63) is 35.6 Å². The number of halogens is 1. The van der Waals surface area contributed by atoms with Gasteiger partial charge in [-0.05, 0) is 44.1 Å². The van der Waals surface area contributed by atoms with E-state index in [-0.39, 0.29) is 23.7 Å². The predicted octanol–water partition coefficient (Wildman–Crippen LogP) is 3.11. The number of carbonyl (C=O) groups excluding carboxylic acids is 2. The van der Waals surface area contributed by atoms with Crippen molar-refractivity contribution in [3.8, 4) is 0 Å². The third kappa shape index (κ3) is 2.91. The van der Waals surface area contributed by atoms with Crippen molar-refractivity contribution in [2.24, 2.45) is 5.92 Å². The molecule has 2 aliphatic heterocycles. The molecule has 2 saturated heterocycles. The fraction of sp³-hybridized carbons (Fsp3) is 0.619. The first-order chi connectivity index (χ1) is 12.5. The normalized spacial score (nSPS) is 27.5. The lowest BCUT2D eigenvalue weighted by Gasteiger charge is -2.43. The molecular formula is C21H27FN2O2. The fourth-order valence-corrected chi connectivity index (χ4v) is 5.02. The molecule has 0 N–H and O–H groups in total. The molecule has 0 bridgehead atoms. The smallest absolute Gasteiger partial charge is 0.233 e. The molecule has 5 heteroatoms. The molecule has 1 aliphatic carbocycles. The minimum absolute atomic E-state index is 0.0830. The van der Waals surface area contributed by atoms with Crippen LogP contribution in [0.2, 0.25) is 0 Å². The Labute approximate surface area is 154 Å². The lowest BCUT2D eigenvalue weighted by molar-refractivity contribution is -0.139. The van der Waals surface area contributed by atoms with E-state index in [1.807, 2.05) is 15.9 Å². The lowest BCUT2D eigenvalue weighted by atomic mass is 9.86. The van der Waals surface area contributed by atoms with Gasteiger partial charge in [-0.3, -0.25) is 9.59 Å². The summed E-state index contributed by atoms with van der Waals surface area (Å²) in [7, 11) is 0. The van der Waals surface area contributed by atoms with Crippen LogP contribution in [0, 0.1) is 11.7 Å². The number of hydrogen-bond donors (Lipinski definition) is 0. The number of rotatable bonds is 2. The molecule has 0 spiro atoms. The van der Waals surface area contributed by atoms with Gasteiger partial charge in [0.1, 0.15) is 5.82 Å². The summed E-state index contributed by atoms with van der Waals surface area (Å²) >= 11 is 0. The quantitative estimate of drug-likeness (QED) is 0.815. The van der Waals surface area contributed by atoms with Crippen LogP contribution in [0.1, 0.15) is 51.0 Å². The third-order valence-electron chi connectivity index (χ3n) is 6.56. The first kappa shape index (κ1) is 17.5. The Hall–Kier alpha value is -1.91. The maximum atomic E-state index is 14.3. The molecule has 2 amide bonds. The summed E-state index contributed by atoms with van der Waals surface area (Å²) in [5.74, 6) is 0.298. The van der Waals surface area contributed by atoms with Crippen LogP contribution >= 0.6 is 0 Å². The molecule has 1 aromatic rings. The Balaban J connectivity index is 1.52. The zero-order valence-electron chi connectivity index (χ0n) is 15.4. The second-order valence-corrected chi connectivity index (χ2v) is 8.14. The van der Waals surface area contributed by atoms with E-state index in [0.717, 1.165) is 45.1 Å². The molecule has 0 aromatic heterocycles. The van der Waals surface area contributed by atoms with Crippen molar-refractivity contribution < 1.29 is 14.0 Å². The monoisotopic (exact) mass is 358 g/mol. The van der Waals surface area contributed by atoms with Crippen molar-refractivity contribution >= 4 is 11.8 Å². The Kier molecular flexibility index (Phi) is 4.49. The molecule has 3 fully saturated rings. The Morgan fingerprint density at radius 2 is 1.88 bits per heavy atom. The average molecular weight is 358 g/mol. The van der Waals surface area contributed by atoms with Crippen LogP contribution in [-0.4, -0.2) is 47.3 Å². The van der Waals surface area contributed by atoms with Gasteiger partial charge in [-0.1, -0.05) is 24.6 Å². The molecule has 4 rings (SSSR count). The number of carbonyl (C=O) groups is 2. The zero-order valence-corrected chi connectivity index (χ0v) is 15.4. The largest absolute Gasteiger partial charge is 0.341 e. The van der Waals surface area contributed by atoms with Crippen molar-refractivity contribution in [3.63, 3.8) is 0 Å². The maximum absolute atomic E-state index is 14.3. The summed E-state index contributed by atoms with van der Waals surface area (Å²) < 4.78 is 14.3. The van der Waals surface area contributed by atoms with E-state index in [9.17, 15) is 14.0 Å². The predicted molar refractivity (Wildman–Crippen MR) is 97.0 cm³/mol. The van der Waals surface area contributed by atoms with Gasteiger partial charge >= 0.3 is 0 Å². The van der Waals surface area contributed by atoms with E-state index in [2.05, 4.69) is 0 Å². The van der Waals surface area contributed by atoms with Crippen molar-refractivity contribution in [2.45, 2.75) is 56.9 Å². The summed E-state index contributed by atoms with van der Waals surface area (Å²) in [5, 5.41) is 0. The molecule has 140 valence electrons. The van der Waals surface area contributed by atoms with E-state index in [1.54, 1.807) is 19.1 Å². The van der Waals surface area contributed by atoms with Gasteiger partial charge in [0.05, 0.1) is 5.41 Å². The minimum Gasteiger partial charge on any atom is -0.341 e. The number of benzene rings is 1.